The zero-order valence-electron chi connectivity index (χ0n) is 12.4. The number of ether oxygens (including phenoxy) is 2. The highest BCUT2D eigenvalue weighted by atomic mass is 16.5. The Morgan fingerprint density at radius 3 is 2.50 bits per heavy atom. The summed E-state index contributed by atoms with van der Waals surface area (Å²) in [5.41, 5.74) is -0.318. The molecule has 0 amide bonds. The molecule has 0 saturated carbocycles. The molecule has 5 heteroatoms. The molecule has 1 atom stereocenters. The van der Waals surface area contributed by atoms with Gasteiger partial charge in [0.25, 0.3) is 6.47 Å². The maximum atomic E-state index is 9.60. The van der Waals surface area contributed by atoms with Gasteiger partial charge in [-0.25, -0.2) is 0 Å². The number of hydrogen-bond acceptors (Lipinski definition) is 5. The number of rotatable bonds is 4. The second-order valence-corrected chi connectivity index (χ2v) is 5.48. The van der Waals surface area contributed by atoms with Crippen molar-refractivity contribution < 1.29 is 14.3 Å². The summed E-state index contributed by atoms with van der Waals surface area (Å²) in [6.45, 7) is 13.5. The van der Waals surface area contributed by atoms with E-state index in [9.17, 15) is 4.79 Å². The summed E-state index contributed by atoms with van der Waals surface area (Å²) in [6.07, 6.45) is 0. The van der Waals surface area contributed by atoms with Gasteiger partial charge in [0.05, 0.1) is 6.61 Å². The van der Waals surface area contributed by atoms with Gasteiger partial charge < -0.3 is 14.8 Å². The summed E-state index contributed by atoms with van der Waals surface area (Å²) < 4.78 is 9.57. The number of carbonyl (C=O) groups is 1. The van der Waals surface area contributed by atoms with E-state index < -0.39 is 0 Å². The predicted octanol–water partition coefficient (Wildman–Crippen LogP) is 0.884. The molecule has 1 aliphatic heterocycles. The minimum absolute atomic E-state index is 0.318. The molecule has 0 aromatic heterocycles. The summed E-state index contributed by atoms with van der Waals surface area (Å²) >= 11 is 0. The van der Waals surface area contributed by atoms with Gasteiger partial charge in [-0.3, -0.25) is 9.69 Å². The standard InChI is InChI=1S/C8H18N2O.C5H10O2/c1-8-7-10(4-3-9-8)5-6-11-2;1-5(2,3)7-4-6/h8-9H,3-7H2,1-2H3;4H,1-3H3. The minimum atomic E-state index is -0.318. The Labute approximate surface area is 111 Å². The molecule has 0 bridgehead atoms. The predicted molar refractivity (Wildman–Crippen MR) is 72.7 cm³/mol. The molecule has 108 valence electrons. The van der Waals surface area contributed by atoms with Gasteiger partial charge in [-0.1, -0.05) is 0 Å². The normalized spacial score (nSPS) is 20.8. The molecule has 0 aromatic rings. The molecule has 0 spiro atoms. The van der Waals surface area contributed by atoms with Gasteiger partial charge in [-0.2, -0.15) is 0 Å². The molecule has 5 nitrogen and oxygen atoms in total. The molecule has 1 fully saturated rings. The Hall–Kier alpha value is -0.650. The summed E-state index contributed by atoms with van der Waals surface area (Å²) in [5, 5.41) is 3.41. The fraction of sp³-hybridized carbons (Fsp3) is 0.923. The third kappa shape index (κ3) is 10.5. The van der Waals surface area contributed by atoms with Crippen LogP contribution in [0.5, 0.6) is 0 Å². The van der Waals surface area contributed by atoms with Crippen molar-refractivity contribution in [2.75, 3.05) is 39.9 Å². The summed E-state index contributed by atoms with van der Waals surface area (Å²) in [6, 6.07) is 0.639. The van der Waals surface area contributed by atoms with E-state index in [-0.39, 0.29) is 5.60 Å². The number of hydrogen-bond donors (Lipinski definition) is 1. The molecule has 0 aliphatic carbocycles. The van der Waals surface area contributed by atoms with Crippen LogP contribution in [0.2, 0.25) is 0 Å². The fourth-order valence-corrected chi connectivity index (χ4v) is 1.58. The summed E-state index contributed by atoms with van der Waals surface area (Å²) in [4.78, 5) is 12.0. The second kappa shape index (κ2) is 9.30. The van der Waals surface area contributed by atoms with Gasteiger partial charge in [0.1, 0.15) is 5.60 Å². The molecular formula is C13H28N2O3. The quantitative estimate of drug-likeness (QED) is 0.761. The van der Waals surface area contributed by atoms with Gasteiger partial charge in [-0.05, 0) is 27.7 Å². The first-order valence-corrected chi connectivity index (χ1v) is 6.45. The average Bonchev–Trinajstić information content (AvgIpc) is 2.26. The highest BCUT2D eigenvalue weighted by molar-refractivity contribution is 5.37. The van der Waals surface area contributed by atoms with E-state index in [2.05, 4.69) is 21.9 Å². The van der Waals surface area contributed by atoms with Crippen molar-refractivity contribution in [3.63, 3.8) is 0 Å². The average molecular weight is 260 g/mol. The lowest BCUT2D eigenvalue weighted by Crippen LogP contribution is -2.49. The Bertz CT molecular complexity index is 217. The molecule has 18 heavy (non-hydrogen) atoms. The Balaban J connectivity index is 0.000000360. The Kier molecular flexibility index (Phi) is 8.97. The van der Waals surface area contributed by atoms with Crippen molar-refractivity contribution >= 4 is 6.47 Å². The third-order valence-corrected chi connectivity index (χ3v) is 2.47. The topological polar surface area (TPSA) is 50.8 Å². The van der Waals surface area contributed by atoms with Gasteiger partial charge in [0, 0.05) is 39.3 Å². The number of piperazine rings is 1. The van der Waals surface area contributed by atoms with E-state index >= 15 is 0 Å². The smallest absolute Gasteiger partial charge is 0.293 e. The van der Waals surface area contributed by atoms with Crippen molar-refractivity contribution in [3.8, 4) is 0 Å². The van der Waals surface area contributed by atoms with Crippen LogP contribution in [0.25, 0.3) is 0 Å². The van der Waals surface area contributed by atoms with Gasteiger partial charge in [-0.15, -0.1) is 0 Å². The van der Waals surface area contributed by atoms with E-state index in [0.717, 1.165) is 32.8 Å². The van der Waals surface area contributed by atoms with E-state index in [1.54, 1.807) is 7.11 Å². The molecule has 1 heterocycles. The molecular weight excluding hydrogens is 232 g/mol. The number of methoxy groups -OCH3 is 1. The van der Waals surface area contributed by atoms with Crippen molar-refractivity contribution in [3.05, 3.63) is 0 Å². The maximum absolute atomic E-state index is 9.60. The van der Waals surface area contributed by atoms with E-state index in [0.29, 0.717) is 12.5 Å². The monoisotopic (exact) mass is 260 g/mol. The lowest BCUT2D eigenvalue weighted by molar-refractivity contribution is -0.138. The summed E-state index contributed by atoms with van der Waals surface area (Å²) in [7, 11) is 1.76. The Morgan fingerprint density at radius 2 is 2.11 bits per heavy atom. The third-order valence-electron chi connectivity index (χ3n) is 2.47. The lowest BCUT2D eigenvalue weighted by Gasteiger charge is -2.31. The lowest BCUT2D eigenvalue weighted by atomic mass is 10.2. The van der Waals surface area contributed by atoms with Crippen LogP contribution in [0, 0.1) is 0 Å². The van der Waals surface area contributed by atoms with Crippen LogP contribution in [0.15, 0.2) is 0 Å². The first kappa shape index (κ1) is 17.4. The SMILES string of the molecule is CC(C)(C)OC=O.COCCN1CCNC(C)C1. The number of carbonyl (C=O) groups excluding carboxylic acids is 1. The second-order valence-electron chi connectivity index (χ2n) is 5.48. The van der Waals surface area contributed by atoms with Gasteiger partial charge in [0.15, 0.2) is 0 Å². The Morgan fingerprint density at radius 1 is 1.44 bits per heavy atom. The first-order chi connectivity index (χ1) is 8.39. The molecule has 1 N–H and O–H groups in total. The fourth-order valence-electron chi connectivity index (χ4n) is 1.58. The summed E-state index contributed by atoms with van der Waals surface area (Å²) in [5.74, 6) is 0. The van der Waals surface area contributed by atoms with Crippen LogP contribution in [0.4, 0.5) is 0 Å². The van der Waals surface area contributed by atoms with Crippen molar-refractivity contribution in [2.45, 2.75) is 39.3 Å². The van der Waals surface area contributed by atoms with Crippen LogP contribution in [0.3, 0.4) is 0 Å². The molecule has 1 aliphatic rings. The van der Waals surface area contributed by atoms with Crippen LogP contribution in [-0.4, -0.2) is 62.9 Å². The van der Waals surface area contributed by atoms with Crippen molar-refractivity contribution in [2.24, 2.45) is 0 Å². The molecule has 0 radical (unpaired) electrons. The van der Waals surface area contributed by atoms with Gasteiger partial charge in [0.2, 0.25) is 0 Å². The largest absolute Gasteiger partial charge is 0.462 e. The number of nitrogens with zero attached hydrogens (tertiary/aromatic N) is 1. The number of nitrogens with one attached hydrogen (secondary N) is 1. The highest BCUT2D eigenvalue weighted by Gasteiger charge is 2.14. The van der Waals surface area contributed by atoms with E-state index in [4.69, 9.17) is 4.74 Å². The van der Waals surface area contributed by atoms with Crippen LogP contribution >= 0.6 is 0 Å². The zero-order chi connectivity index (χ0) is 14.0. The van der Waals surface area contributed by atoms with Crippen LogP contribution in [-0.2, 0) is 14.3 Å². The van der Waals surface area contributed by atoms with E-state index in [1.165, 1.54) is 0 Å². The highest BCUT2D eigenvalue weighted by Crippen LogP contribution is 2.02. The van der Waals surface area contributed by atoms with Crippen LogP contribution in [0.1, 0.15) is 27.7 Å². The maximum Gasteiger partial charge on any atom is 0.293 e. The van der Waals surface area contributed by atoms with Crippen LogP contribution < -0.4 is 5.32 Å². The van der Waals surface area contributed by atoms with Crippen molar-refractivity contribution in [1.29, 1.82) is 0 Å². The van der Waals surface area contributed by atoms with Crippen molar-refractivity contribution in [1.82, 2.24) is 10.2 Å². The van der Waals surface area contributed by atoms with Gasteiger partial charge >= 0.3 is 0 Å². The zero-order valence-corrected chi connectivity index (χ0v) is 12.4. The molecule has 1 unspecified atom stereocenters. The first-order valence-electron chi connectivity index (χ1n) is 6.45. The minimum Gasteiger partial charge on any atom is -0.462 e. The molecule has 1 rings (SSSR count). The van der Waals surface area contributed by atoms with E-state index in [1.807, 2.05) is 20.8 Å². The molecule has 1 saturated heterocycles. The molecule has 0 aromatic carbocycles.